The lowest BCUT2D eigenvalue weighted by molar-refractivity contribution is -0.122. The van der Waals surface area contributed by atoms with Crippen molar-refractivity contribution in [2.24, 2.45) is 21.0 Å². The molecule has 0 bridgehead atoms. The van der Waals surface area contributed by atoms with Crippen molar-refractivity contribution in [1.82, 2.24) is 15.3 Å². The number of fused-ring (bicyclic) bond motifs is 1. The minimum absolute atomic E-state index is 0.185. The van der Waals surface area contributed by atoms with Gasteiger partial charge < -0.3 is 9.73 Å². The smallest absolute Gasteiger partial charge is 0.302 e. The van der Waals surface area contributed by atoms with Gasteiger partial charge >= 0.3 is 6.01 Å². The van der Waals surface area contributed by atoms with Gasteiger partial charge in [0, 0.05) is 12.8 Å². The van der Waals surface area contributed by atoms with Gasteiger partial charge in [-0.25, -0.2) is 9.98 Å². The summed E-state index contributed by atoms with van der Waals surface area (Å²) in [5.74, 6) is 0.291. The number of para-hydroxylation sites is 2. The lowest BCUT2D eigenvalue weighted by atomic mass is 9.86. The number of hydrazone groups is 1. The Hall–Kier alpha value is -3.66. The van der Waals surface area contributed by atoms with E-state index in [9.17, 15) is 4.79 Å². The van der Waals surface area contributed by atoms with Crippen molar-refractivity contribution in [2.45, 2.75) is 19.9 Å². The zero-order chi connectivity index (χ0) is 22.9. The van der Waals surface area contributed by atoms with Crippen LogP contribution in [-0.2, 0) is 4.79 Å². The number of nitrogens with one attached hydrogen (secondary N) is 2. The summed E-state index contributed by atoms with van der Waals surface area (Å²) in [5, 5.41) is 12.7. The van der Waals surface area contributed by atoms with E-state index in [0.717, 1.165) is 16.6 Å². The lowest BCUT2D eigenvalue weighted by Gasteiger charge is -2.28. The Bertz CT molecular complexity index is 1280. The third kappa shape index (κ3) is 4.34. The van der Waals surface area contributed by atoms with Crippen LogP contribution in [0.2, 0.25) is 0 Å². The Morgan fingerprint density at radius 1 is 1.15 bits per heavy atom. The fourth-order valence-corrected chi connectivity index (χ4v) is 4.63. The van der Waals surface area contributed by atoms with Crippen LogP contribution in [0, 0.1) is 12.8 Å². The molecule has 1 aromatic heterocycles. The standard InChI is InChI=1S/C23H23N7O2S/c1-13-8-4-5-9-15(13)19-18(20(31)27-23-29-30(3)12-33-23)14(2)24-21(26-19)28-22-25-16-10-6-7-11-17(16)32-22/h4-11,18-19H,12H2,1-3H3,(H,25,26,28)(H,27,29,31). The number of benzene rings is 2. The van der Waals surface area contributed by atoms with Crippen molar-refractivity contribution in [3.05, 3.63) is 59.7 Å². The highest BCUT2D eigenvalue weighted by atomic mass is 32.2. The maximum Gasteiger partial charge on any atom is 0.302 e. The number of carbonyl (C=O) groups excluding carboxylic acids is 1. The Balaban J connectivity index is 1.47. The molecule has 3 heterocycles. The number of rotatable bonds is 3. The average Bonchev–Trinajstić information content (AvgIpc) is 3.38. The van der Waals surface area contributed by atoms with Crippen molar-refractivity contribution < 1.29 is 9.21 Å². The number of amides is 1. The van der Waals surface area contributed by atoms with Gasteiger partial charge in [0.2, 0.25) is 11.9 Å². The molecule has 3 aromatic rings. The van der Waals surface area contributed by atoms with Crippen molar-refractivity contribution in [1.29, 1.82) is 0 Å². The molecule has 0 saturated carbocycles. The van der Waals surface area contributed by atoms with E-state index in [0.29, 0.717) is 34.3 Å². The molecule has 2 atom stereocenters. The van der Waals surface area contributed by atoms with Crippen LogP contribution in [0.4, 0.5) is 6.01 Å². The molecule has 33 heavy (non-hydrogen) atoms. The van der Waals surface area contributed by atoms with Gasteiger partial charge in [0.15, 0.2) is 10.8 Å². The monoisotopic (exact) mass is 461 g/mol. The Morgan fingerprint density at radius 3 is 2.70 bits per heavy atom. The van der Waals surface area contributed by atoms with Crippen LogP contribution in [0.3, 0.4) is 0 Å². The second-order valence-electron chi connectivity index (χ2n) is 7.92. The zero-order valence-electron chi connectivity index (χ0n) is 18.4. The largest absolute Gasteiger partial charge is 0.423 e. The first kappa shape index (κ1) is 21.2. The molecule has 2 unspecified atom stereocenters. The molecule has 0 radical (unpaired) electrons. The fraction of sp³-hybridized carbons (Fsp3) is 0.261. The average molecular weight is 462 g/mol. The summed E-state index contributed by atoms with van der Waals surface area (Å²) >= 11 is 1.48. The molecule has 2 N–H and O–H groups in total. The molecule has 2 aliphatic rings. The third-order valence-electron chi connectivity index (χ3n) is 5.49. The summed E-state index contributed by atoms with van der Waals surface area (Å²) in [6, 6.07) is 15.3. The minimum Gasteiger partial charge on any atom is -0.423 e. The summed E-state index contributed by atoms with van der Waals surface area (Å²) < 4.78 is 5.77. The highest BCUT2D eigenvalue weighted by molar-refractivity contribution is 8.14. The van der Waals surface area contributed by atoms with Gasteiger partial charge in [-0.1, -0.05) is 48.2 Å². The first-order valence-corrected chi connectivity index (χ1v) is 11.5. The predicted molar refractivity (Wildman–Crippen MR) is 131 cm³/mol. The van der Waals surface area contributed by atoms with E-state index in [4.69, 9.17) is 9.41 Å². The maximum atomic E-state index is 13.3. The van der Waals surface area contributed by atoms with Crippen molar-refractivity contribution in [2.75, 3.05) is 18.2 Å². The molecule has 0 aliphatic carbocycles. The molecule has 168 valence electrons. The number of aromatic nitrogens is 1. The summed E-state index contributed by atoms with van der Waals surface area (Å²) in [6.07, 6.45) is 0. The molecule has 9 nitrogen and oxygen atoms in total. The minimum atomic E-state index is -0.575. The number of carbonyl (C=O) groups is 1. The second-order valence-corrected chi connectivity index (χ2v) is 8.86. The number of aryl methyl sites for hydroxylation is 1. The van der Waals surface area contributed by atoms with Gasteiger partial charge in [-0.3, -0.25) is 15.1 Å². The molecule has 0 fully saturated rings. The van der Waals surface area contributed by atoms with Gasteiger partial charge in [-0.2, -0.15) is 10.1 Å². The lowest BCUT2D eigenvalue weighted by Crippen LogP contribution is -2.42. The molecular formula is C23H23N7O2S. The first-order valence-electron chi connectivity index (χ1n) is 10.5. The van der Waals surface area contributed by atoms with Crippen molar-refractivity contribution >= 4 is 51.6 Å². The quantitative estimate of drug-likeness (QED) is 0.615. The summed E-state index contributed by atoms with van der Waals surface area (Å²) in [7, 11) is 1.87. The number of hydrogen-bond acceptors (Lipinski definition) is 9. The van der Waals surface area contributed by atoms with Gasteiger partial charge in [0.05, 0.1) is 11.9 Å². The molecule has 5 rings (SSSR count). The number of hydrogen-bond donors (Lipinski definition) is 2. The van der Waals surface area contributed by atoms with Crippen molar-refractivity contribution in [3.63, 3.8) is 0 Å². The van der Waals surface area contributed by atoms with Crippen LogP contribution < -0.4 is 10.6 Å². The Morgan fingerprint density at radius 2 is 1.94 bits per heavy atom. The number of oxazole rings is 1. The van der Waals surface area contributed by atoms with Crippen molar-refractivity contribution in [3.8, 4) is 0 Å². The van der Waals surface area contributed by atoms with E-state index in [1.54, 1.807) is 5.01 Å². The molecule has 2 aromatic carbocycles. The molecule has 0 saturated heterocycles. The van der Waals surface area contributed by atoms with Crippen LogP contribution >= 0.6 is 11.8 Å². The van der Waals surface area contributed by atoms with Crippen LogP contribution in [0.1, 0.15) is 24.1 Å². The van der Waals surface area contributed by atoms with Crippen LogP contribution in [0.15, 0.2) is 68.0 Å². The van der Waals surface area contributed by atoms with E-state index >= 15 is 0 Å². The SMILES string of the molecule is CC1=NC(Nc2nc3ccccc3o2)=NC(c2ccccc2C)C1C(=O)NC1=NN(C)CS1. The van der Waals surface area contributed by atoms with Gasteiger partial charge in [0.1, 0.15) is 11.4 Å². The normalized spacial score (nSPS) is 20.3. The molecule has 0 spiro atoms. The molecule has 10 heteroatoms. The van der Waals surface area contributed by atoms with Gasteiger partial charge in [-0.15, -0.1) is 0 Å². The molecular weight excluding hydrogens is 438 g/mol. The third-order valence-corrected chi connectivity index (χ3v) is 6.45. The summed E-state index contributed by atoms with van der Waals surface area (Å²) in [4.78, 5) is 27.2. The van der Waals surface area contributed by atoms with Crippen LogP contribution in [-0.4, -0.2) is 45.7 Å². The predicted octanol–water partition coefficient (Wildman–Crippen LogP) is 3.76. The molecule has 2 aliphatic heterocycles. The van der Waals surface area contributed by atoms with Gasteiger partial charge in [0.25, 0.3) is 0 Å². The van der Waals surface area contributed by atoms with Crippen LogP contribution in [0.25, 0.3) is 11.1 Å². The second kappa shape index (κ2) is 8.70. The van der Waals surface area contributed by atoms with E-state index in [-0.39, 0.29) is 5.91 Å². The highest BCUT2D eigenvalue weighted by Gasteiger charge is 2.37. The van der Waals surface area contributed by atoms with E-state index in [1.165, 1.54) is 11.8 Å². The topological polar surface area (TPSA) is 107 Å². The summed E-state index contributed by atoms with van der Waals surface area (Å²) in [5.41, 5.74) is 4.06. The zero-order valence-corrected chi connectivity index (χ0v) is 19.3. The number of amidine groups is 1. The van der Waals surface area contributed by atoms with Crippen LogP contribution in [0.5, 0.6) is 0 Å². The maximum absolute atomic E-state index is 13.3. The van der Waals surface area contributed by atoms with E-state index < -0.39 is 12.0 Å². The highest BCUT2D eigenvalue weighted by Crippen LogP contribution is 2.33. The number of anilines is 1. The number of thioether (sulfide) groups is 1. The van der Waals surface area contributed by atoms with E-state index in [2.05, 4.69) is 25.7 Å². The number of aliphatic imine (C=N–C) groups is 2. The molecule has 1 amide bonds. The summed E-state index contributed by atoms with van der Waals surface area (Å²) in [6.45, 7) is 3.86. The Labute approximate surface area is 195 Å². The van der Waals surface area contributed by atoms with E-state index in [1.807, 2.05) is 69.4 Å². The Kier molecular flexibility index (Phi) is 5.59. The number of nitrogens with zero attached hydrogens (tertiary/aromatic N) is 5. The first-order chi connectivity index (χ1) is 16.0. The fourth-order valence-electron chi connectivity index (χ4n) is 3.89. The number of guanidine groups is 1. The van der Waals surface area contributed by atoms with Gasteiger partial charge in [-0.05, 0) is 37.1 Å².